The third-order valence-corrected chi connectivity index (χ3v) is 2.33. The van der Waals surface area contributed by atoms with E-state index in [1.54, 1.807) is 18.2 Å². The molecule has 2 N–H and O–H groups in total. The zero-order valence-corrected chi connectivity index (χ0v) is 8.73. The molecule has 1 aliphatic rings. The second kappa shape index (κ2) is 3.84. The highest BCUT2D eigenvalue weighted by Crippen LogP contribution is 2.32. The number of ether oxygens (including phenoxy) is 2. The molecule has 0 spiro atoms. The summed E-state index contributed by atoms with van der Waals surface area (Å²) in [6.07, 6.45) is -0.768. The molecule has 84 valence electrons. The predicted molar refractivity (Wildman–Crippen MR) is 55.6 cm³/mol. The van der Waals surface area contributed by atoms with E-state index in [0.29, 0.717) is 17.1 Å². The molecule has 1 aromatic rings. The normalized spacial score (nSPS) is 17.9. The first-order chi connectivity index (χ1) is 7.58. The number of ketones is 1. The topological polar surface area (TPSA) is 78.6 Å². The molecule has 0 radical (unpaired) electrons. The number of benzene rings is 1. The van der Waals surface area contributed by atoms with Crippen LogP contribution in [0.3, 0.4) is 0 Å². The maximum Gasteiger partial charge on any atom is 0.262 e. The molecule has 0 bridgehead atoms. The zero-order valence-electron chi connectivity index (χ0n) is 8.73. The van der Waals surface area contributed by atoms with Crippen LogP contribution >= 0.6 is 0 Å². The first kappa shape index (κ1) is 10.5. The van der Waals surface area contributed by atoms with E-state index in [4.69, 9.17) is 15.2 Å². The number of amides is 1. The molecule has 1 aliphatic heterocycles. The fraction of sp³-hybridized carbons (Fsp3) is 0.273. The van der Waals surface area contributed by atoms with Crippen molar-refractivity contribution in [1.29, 1.82) is 0 Å². The molecule has 1 aromatic carbocycles. The molecule has 0 saturated carbocycles. The summed E-state index contributed by atoms with van der Waals surface area (Å²) >= 11 is 0. The third kappa shape index (κ3) is 1.84. The Hall–Kier alpha value is -2.04. The Kier molecular flexibility index (Phi) is 2.52. The number of rotatable bonds is 2. The molecule has 5 nitrogen and oxygen atoms in total. The van der Waals surface area contributed by atoms with E-state index in [1.807, 2.05) is 0 Å². The number of Topliss-reactive ketones (excluding diaryl/α,β-unsaturated/α-hetero) is 1. The van der Waals surface area contributed by atoms with E-state index in [2.05, 4.69) is 0 Å². The monoisotopic (exact) mass is 221 g/mol. The van der Waals surface area contributed by atoms with Gasteiger partial charge in [-0.25, -0.2) is 0 Å². The summed E-state index contributed by atoms with van der Waals surface area (Å²) in [5.74, 6) is 0.273. The van der Waals surface area contributed by atoms with Gasteiger partial charge in [0.2, 0.25) is 6.10 Å². The molecule has 0 aromatic heterocycles. The smallest absolute Gasteiger partial charge is 0.262 e. The fourth-order valence-electron chi connectivity index (χ4n) is 1.43. The third-order valence-electron chi connectivity index (χ3n) is 2.33. The van der Waals surface area contributed by atoms with Gasteiger partial charge in [-0.05, 0) is 25.1 Å². The standard InChI is InChI=1S/C11H11NO4/c1-6(13)7-2-3-8-9(4-7)15-5-10(16-8)11(12)14/h2-4,10H,5H2,1H3,(H2,12,14). The van der Waals surface area contributed by atoms with Crippen LogP contribution in [0.2, 0.25) is 0 Å². The van der Waals surface area contributed by atoms with Crippen molar-refractivity contribution in [3.8, 4) is 11.5 Å². The Balaban J connectivity index is 2.29. The van der Waals surface area contributed by atoms with Crippen molar-refractivity contribution in [2.75, 3.05) is 6.61 Å². The highest BCUT2D eigenvalue weighted by Gasteiger charge is 2.25. The minimum atomic E-state index is -0.768. The van der Waals surface area contributed by atoms with Gasteiger partial charge in [0.1, 0.15) is 6.61 Å². The minimum Gasteiger partial charge on any atom is -0.485 e. The van der Waals surface area contributed by atoms with Crippen LogP contribution in [0.25, 0.3) is 0 Å². The van der Waals surface area contributed by atoms with E-state index in [-0.39, 0.29) is 12.4 Å². The average Bonchev–Trinajstić information content (AvgIpc) is 2.27. The summed E-state index contributed by atoms with van der Waals surface area (Å²) in [7, 11) is 0. The van der Waals surface area contributed by atoms with Gasteiger partial charge < -0.3 is 15.2 Å². The lowest BCUT2D eigenvalue weighted by Crippen LogP contribution is -2.40. The number of carbonyl (C=O) groups excluding carboxylic acids is 2. The zero-order chi connectivity index (χ0) is 11.7. The Bertz CT molecular complexity index is 455. The molecule has 2 rings (SSSR count). The van der Waals surface area contributed by atoms with Crippen LogP contribution in [0.5, 0.6) is 11.5 Å². The maximum absolute atomic E-state index is 11.1. The van der Waals surface area contributed by atoms with Crippen LogP contribution in [0.15, 0.2) is 18.2 Å². The van der Waals surface area contributed by atoms with Crippen LogP contribution in [0.1, 0.15) is 17.3 Å². The molecule has 1 unspecified atom stereocenters. The summed E-state index contributed by atoms with van der Waals surface area (Å²) in [4.78, 5) is 22.0. The second-order valence-electron chi connectivity index (χ2n) is 3.54. The Morgan fingerprint density at radius 1 is 1.38 bits per heavy atom. The number of nitrogens with two attached hydrogens (primary N) is 1. The number of hydrogen-bond acceptors (Lipinski definition) is 4. The quantitative estimate of drug-likeness (QED) is 0.738. The van der Waals surface area contributed by atoms with E-state index >= 15 is 0 Å². The Labute approximate surface area is 92.1 Å². The van der Waals surface area contributed by atoms with Crippen molar-refractivity contribution in [1.82, 2.24) is 0 Å². The SMILES string of the molecule is CC(=O)c1ccc2c(c1)OCC(C(N)=O)O2. The van der Waals surface area contributed by atoms with Crippen LogP contribution in [0.4, 0.5) is 0 Å². The lowest BCUT2D eigenvalue weighted by atomic mass is 10.1. The van der Waals surface area contributed by atoms with Crippen molar-refractivity contribution in [2.45, 2.75) is 13.0 Å². The average molecular weight is 221 g/mol. The van der Waals surface area contributed by atoms with Crippen molar-refractivity contribution in [3.05, 3.63) is 23.8 Å². The molecular weight excluding hydrogens is 210 g/mol. The summed E-state index contributed by atoms with van der Waals surface area (Å²) < 4.78 is 10.6. The largest absolute Gasteiger partial charge is 0.485 e. The van der Waals surface area contributed by atoms with Gasteiger partial charge in [0.15, 0.2) is 17.3 Å². The Morgan fingerprint density at radius 2 is 2.12 bits per heavy atom. The van der Waals surface area contributed by atoms with Gasteiger partial charge in [0, 0.05) is 5.56 Å². The van der Waals surface area contributed by atoms with Gasteiger partial charge in [0.05, 0.1) is 0 Å². The number of fused-ring (bicyclic) bond motifs is 1. The molecule has 0 aliphatic carbocycles. The molecule has 1 amide bonds. The van der Waals surface area contributed by atoms with Crippen LogP contribution in [-0.4, -0.2) is 24.4 Å². The fourth-order valence-corrected chi connectivity index (χ4v) is 1.43. The summed E-state index contributed by atoms with van der Waals surface area (Å²) in [5.41, 5.74) is 5.65. The van der Waals surface area contributed by atoms with Crippen molar-refractivity contribution in [3.63, 3.8) is 0 Å². The first-order valence-electron chi connectivity index (χ1n) is 4.81. The summed E-state index contributed by atoms with van der Waals surface area (Å²) in [5, 5.41) is 0. The van der Waals surface area contributed by atoms with Gasteiger partial charge >= 0.3 is 0 Å². The second-order valence-corrected chi connectivity index (χ2v) is 3.54. The molecule has 1 atom stereocenters. The molecule has 5 heteroatoms. The van der Waals surface area contributed by atoms with Gasteiger partial charge in [-0.15, -0.1) is 0 Å². The van der Waals surface area contributed by atoms with Gasteiger partial charge in [-0.1, -0.05) is 0 Å². The Morgan fingerprint density at radius 3 is 2.75 bits per heavy atom. The highest BCUT2D eigenvalue weighted by atomic mass is 16.6. The summed E-state index contributed by atoms with van der Waals surface area (Å²) in [6.45, 7) is 1.54. The molecular formula is C11H11NO4. The lowest BCUT2D eigenvalue weighted by Gasteiger charge is -2.24. The number of hydrogen-bond donors (Lipinski definition) is 1. The highest BCUT2D eigenvalue weighted by molar-refractivity contribution is 5.94. The molecule has 0 fully saturated rings. The van der Waals surface area contributed by atoms with Gasteiger partial charge in [0.25, 0.3) is 5.91 Å². The van der Waals surface area contributed by atoms with Crippen molar-refractivity contribution >= 4 is 11.7 Å². The minimum absolute atomic E-state index is 0.0524. The van der Waals surface area contributed by atoms with Gasteiger partial charge in [-0.2, -0.15) is 0 Å². The van der Waals surface area contributed by atoms with E-state index in [1.165, 1.54) is 6.92 Å². The predicted octanol–water partition coefficient (Wildman–Crippen LogP) is 0.514. The van der Waals surface area contributed by atoms with Crippen molar-refractivity contribution in [2.24, 2.45) is 5.73 Å². The van der Waals surface area contributed by atoms with Crippen LogP contribution < -0.4 is 15.2 Å². The molecule has 1 heterocycles. The lowest BCUT2D eigenvalue weighted by molar-refractivity contribution is -0.127. The van der Waals surface area contributed by atoms with Crippen molar-refractivity contribution < 1.29 is 19.1 Å². The van der Waals surface area contributed by atoms with E-state index < -0.39 is 12.0 Å². The summed E-state index contributed by atoms with van der Waals surface area (Å²) in [6, 6.07) is 4.81. The maximum atomic E-state index is 11.1. The number of primary amides is 1. The van der Waals surface area contributed by atoms with Crippen LogP contribution in [0, 0.1) is 0 Å². The van der Waals surface area contributed by atoms with Gasteiger partial charge in [-0.3, -0.25) is 9.59 Å². The molecule has 16 heavy (non-hydrogen) atoms. The first-order valence-corrected chi connectivity index (χ1v) is 4.81. The van der Waals surface area contributed by atoms with E-state index in [0.717, 1.165) is 0 Å². The van der Waals surface area contributed by atoms with Crippen LogP contribution in [-0.2, 0) is 4.79 Å². The molecule has 0 saturated heterocycles. The number of carbonyl (C=O) groups is 2. The van der Waals surface area contributed by atoms with E-state index in [9.17, 15) is 9.59 Å².